The lowest BCUT2D eigenvalue weighted by molar-refractivity contribution is -0.137. The molecule has 1 saturated heterocycles. The molecule has 0 aliphatic carbocycles. The summed E-state index contributed by atoms with van der Waals surface area (Å²) in [5, 5.41) is 13.7. The first-order valence-corrected chi connectivity index (χ1v) is 10.3. The number of piperidine rings is 1. The second kappa shape index (κ2) is 8.06. The lowest BCUT2D eigenvalue weighted by atomic mass is 9.84. The minimum Gasteiger partial charge on any atom is -0.481 e. The summed E-state index contributed by atoms with van der Waals surface area (Å²) in [4.78, 5) is 36.3. The van der Waals surface area contributed by atoms with Crippen LogP contribution in [0, 0.1) is 0 Å². The maximum Gasteiger partial charge on any atom is 0.416 e. The van der Waals surface area contributed by atoms with Gasteiger partial charge < -0.3 is 14.7 Å². The van der Waals surface area contributed by atoms with Crippen molar-refractivity contribution in [2.45, 2.75) is 24.6 Å². The zero-order chi connectivity index (χ0) is 23.1. The molecule has 3 N–H and O–H groups in total. The molecule has 32 heavy (non-hydrogen) atoms. The fraction of sp³-hybridized carbons (Fsp3) is 0.368. The van der Waals surface area contributed by atoms with E-state index in [9.17, 15) is 27.9 Å². The van der Waals surface area contributed by atoms with Gasteiger partial charge in [0.2, 0.25) is 5.88 Å². The molecule has 4 rings (SSSR count). The Morgan fingerprint density at radius 1 is 1.31 bits per heavy atom. The fourth-order valence-electron chi connectivity index (χ4n) is 3.54. The molecule has 1 aromatic carbocycles. The zero-order valence-corrected chi connectivity index (χ0v) is 17.5. The number of carbonyl (C=O) groups excluding carboxylic acids is 1. The Morgan fingerprint density at radius 3 is 2.69 bits per heavy atom. The minimum absolute atomic E-state index is 0.0749. The second-order valence-electron chi connectivity index (χ2n) is 7.28. The Balaban J connectivity index is 1.45. The van der Waals surface area contributed by atoms with Gasteiger partial charge >= 0.3 is 17.9 Å². The number of anilines is 1. The monoisotopic (exact) mass is 469 g/mol. The van der Waals surface area contributed by atoms with Crippen molar-refractivity contribution in [2.24, 2.45) is 0 Å². The van der Waals surface area contributed by atoms with Crippen molar-refractivity contribution < 1.29 is 27.8 Å². The highest BCUT2D eigenvalue weighted by molar-refractivity contribution is 7.22. The number of halogens is 3. The van der Waals surface area contributed by atoms with E-state index in [-0.39, 0.29) is 42.5 Å². The molecule has 2 aromatic heterocycles. The highest BCUT2D eigenvalue weighted by Gasteiger charge is 2.38. The molecule has 9 nitrogen and oxygen atoms in total. The number of benzene rings is 1. The topological polar surface area (TPSA) is 120 Å². The standard InChI is InChI=1S/C19H18F3N5O4S/c1-31-13-12-14(25-15(28)24-13)32-16(23-12)26-17(29)27-7-5-18(30,6-8-27)10-3-2-4-11(9-10)19(20,21)22/h2-4,9,30H,5-8H2,1H3,(H,23,26,29)(H,24,25,28). The van der Waals surface area contributed by atoms with Crippen LogP contribution in [0.3, 0.4) is 0 Å². The van der Waals surface area contributed by atoms with E-state index in [1.54, 1.807) is 0 Å². The van der Waals surface area contributed by atoms with Crippen molar-refractivity contribution in [3.05, 3.63) is 45.9 Å². The number of urea groups is 1. The van der Waals surface area contributed by atoms with Crippen LogP contribution in [0.25, 0.3) is 10.3 Å². The van der Waals surface area contributed by atoms with Crippen LogP contribution in [0.2, 0.25) is 0 Å². The van der Waals surface area contributed by atoms with E-state index in [2.05, 4.69) is 20.3 Å². The van der Waals surface area contributed by atoms with Gasteiger partial charge in [-0.05, 0) is 30.5 Å². The number of alkyl halides is 3. The fourth-order valence-corrected chi connectivity index (χ4v) is 4.36. The minimum atomic E-state index is -4.51. The zero-order valence-electron chi connectivity index (χ0n) is 16.7. The quantitative estimate of drug-likeness (QED) is 0.543. The number of fused-ring (bicyclic) bond motifs is 1. The third kappa shape index (κ3) is 4.25. The Labute approximate surface area is 182 Å². The summed E-state index contributed by atoms with van der Waals surface area (Å²) >= 11 is 0.997. The van der Waals surface area contributed by atoms with E-state index in [1.165, 1.54) is 24.1 Å². The van der Waals surface area contributed by atoms with Gasteiger partial charge in [-0.2, -0.15) is 18.2 Å². The number of carbonyl (C=O) groups is 1. The molecule has 3 heterocycles. The number of ether oxygens (including phenoxy) is 1. The summed E-state index contributed by atoms with van der Waals surface area (Å²) in [6.45, 7) is 0.257. The summed E-state index contributed by atoms with van der Waals surface area (Å²) in [6, 6.07) is 4.12. The first kappa shape index (κ1) is 22.0. The van der Waals surface area contributed by atoms with E-state index in [1.807, 2.05) is 0 Å². The van der Waals surface area contributed by atoms with Gasteiger partial charge in [0.1, 0.15) is 0 Å². The first-order valence-electron chi connectivity index (χ1n) is 9.50. The van der Waals surface area contributed by atoms with Crippen LogP contribution in [0.1, 0.15) is 24.0 Å². The number of aromatic amines is 1. The van der Waals surface area contributed by atoms with Crippen LogP contribution in [0.5, 0.6) is 5.88 Å². The van der Waals surface area contributed by atoms with E-state index < -0.39 is 29.1 Å². The Hall–Kier alpha value is -3.19. The van der Waals surface area contributed by atoms with Crippen molar-refractivity contribution in [2.75, 3.05) is 25.5 Å². The third-order valence-electron chi connectivity index (χ3n) is 5.27. The van der Waals surface area contributed by atoms with Gasteiger partial charge in [-0.25, -0.2) is 14.6 Å². The predicted octanol–water partition coefficient (Wildman–Crippen LogP) is 2.92. The van der Waals surface area contributed by atoms with Gasteiger partial charge in [-0.1, -0.05) is 23.5 Å². The van der Waals surface area contributed by atoms with Crippen LogP contribution in [0.4, 0.5) is 23.1 Å². The summed E-state index contributed by atoms with van der Waals surface area (Å²) in [5.41, 5.74) is -2.44. The number of thiazole rings is 1. The van der Waals surface area contributed by atoms with E-state index in [0.29, 0.717) is 10.3 Å². The molecule has 13 heteroatoms. The number of hydrogen-bond donors (Lipinski definition) is 3. The number of amides is 2. The maximum absolute atomic E-state index is 13.0. The highest BCUT2D eigenvalue weighted by atomic mass is 32.1. The summed E-state index contributed by atoms with van der Waals surface area (Å²) in [6.07, 6.45) is -4.36. The molecule has 3 aromatic rings. The number of nitrogens with one attached hydrogen (secondary N) is 2. The molecule has 1 aliphatic rings. The van der Waals surface area contributed by atoms with Crippen molar-refractivity contribution >= 4 is 32.8 Å². The molecule has 0 spiro atoms. The number of aromatic nitrogens is 3. The number of aliphatic hydroxyl groups is 1. The van der Waals surface area contributed by atoms with Crippen LogP contribution in [-0.2, 0) is 11.8 Å². The molecule has 1 fully saturated rings. The molecule has 1 aliphatic heterocycles. The third-order valence-corrected chi connectivity index (χ3v) is 6.14. The van der Waals surface area contributed by atoms with Gasteiger partial charge in [0.15, 0.2) is 15.5 Å². The van der Waals surface area contributed by atoms with Crippen molar-refractivity contribution in [3.63, 3.8) is 0 Å². The van der Waals surface area contributed by atoms with Crippen molar-refractivity contribution in [1.29, 1.82) is 0 Å². The van der Waals surface area contributed by atoms with Crippen LogP contribution >= 0.6 is 11.3 Å². The summed E-state index contributed by atoms with van der Waals surface area (Å²) in [5.74, 6) is 0.126. The van der Waals surface area contributed by atoms with Gasteiger partial charge in [0.25, 0.3) is 0 Å². The average molecular weight is 469 g/mol. The number of hydrogen-bond acceptors (Lipinski definition) is 7. The number of nitrogens with zero attached hydrogens (tertiary/aromatic N) is 3. The summed E-state index contributed by atoms with van der Waals surface area (Å²) < 4.78 is 44.1. The predicted molar refractivity (Wildman–Crippen MR) is 110 cm³/mol. The van der Waals surface area contributed by atoms with E-state index >= 15 is 0 Å². The first-order chi connectivity index (χ1) is 15.1. The number of methoxy groups -OCH3 is 1. The molecule has 0 unspecified atom stereocenters. The molecular formula is C19H18F3N5O4S. The second-order valence-corrected chi connectivity index (χ2v) is 8.25. The molecular weight excluding hydrogens is 451 g/mol. The smallest absolute Gasteiger partial charge is 0.416 e. The number of likely N-dealkylation sites (tertiary alicyclic amines) is 1. The molecule has 0 radical (unpaired) electrons. The molecule has 0 atom stereocenters. The van der Waals surface area contributed by atoms with Crippen molar-refractivity contribution in [3.8, 4) is 5.88 Å². The lowest BCUT2D eigenvalue weighted by Crippen LogP contribution is -2.46. The van der Waals surface area contributed by atoms with Gasteiger partial charge in [0, 0.05) is 13.1 Å². The van der Waals surface area contributed by atoms with Crippen LogP contribution in [-0.4, -0.2) is 51.2 Å². The number of H-pyrrole nitrogens is 1. The Morgan fingerprint density at radius 2 is 2.03 bits per heavy atom. The van der Waals surface area contributed by atoms with Gasteiger partial charge in [-0.3, -0.25) is 10.3 Å². The number of rotatable bonds is 3. The molecule has 0 bridgehead atoms. The Kier molecular flexibility index (Phi) is 5.54. The molecule has 0 saturated carbocycles. The van der Waals surface area contributed by atoms with Gasteiger partial charge in [0.05, 0.1) is 18.3 Å². The van der Waals surface area contributed by atoms with Crippen LogP contribution in [0.15, 0.2) is 29.1 Å². The average Bonchev–Trinajstić information content (AvgIpc) is 3.15. The Bertz CT molecular complexity index is 1220. The normalized spacial score (nSPS) is 16.2. The van der Waals surface area contributed by atoms with Gasteiger partial charge in [-0.15, -0.1) is 0 Å². The van der Waals surface area contributed by atoms with E-state index in [0.717, 1.165) is 23.5 Å². The van der Waals surface area contributed by atoms with Crippen molar-refractivity contribution in [1.82, 2.24) is 19.9 Å². The summed E-state index contributed by atoms with van der Waals surface area (Å²) in [7, 11) is 1.36. The van der Waals surface area contributed by atoms with E-state index in [4.69, 9.17) is 4.74 Å². The largest absolute Gasteiger partial charge is 0.481 e. The molecule has 2 amide bonds. The lowest BCUT2D eigenvalue weighted by Gasteiger charge is -2.38. The molecule has 170 valence electrons. The SMILES string of the molecule is COc1[nH]c(=O)nc2sc(NC(=O)N3CCC(O)(c4cccc(C(F)(F)F)c4)CC3)nc12. The maximum atomic E-state index is 13.0. The van der Waals surface area contributed by atoms with Crippen LogP contribution < -0.4 is 15.7 Å². The highest BCUT2D eigenvalue weighted by Crippen LogP contribution is 2.37.